The number of aromatic nitrogens is 1. The molecular formula is C11H10F2N2O. The van der Waals surface area contributed by atoms with Crippen molar-refractivity contribution >= 4 is 0 Å². The third kappa shape index (κ3) is 2.09. The molecule has 0 unspecified atom stereocenters. The zero-order chi connectivity index (χ0) is 11.5. The molecule has 5 heteroatoms. The van der Waals surface area contributed by atoms with Crippen LogP contribution in [-0.4, -0.2) is 11.7 Å². The Labute approximate surface area is 90.9 Å². The van der Waals surface area contributed by atoms with Gasteiger partial charge in [-0.25, -0.2) is 8.78 Å². The summed E-state index contributed by atoms with van der Waals surface area (Å²) in [4.78, 5) is 0. The van der Waals surface area contributed by atoms with Gasteiger partial charge >= 0.3 is 0 Å². The fourth-order valence-electron chi connectivity index (χ4n) is 1.39. The standard InChI is InChI=1S/C11H10F2N2O/c12-7-1-2-9(10(13)5-7)11-6-8(3-4-14)15-16-11/h1-2,5-6H,3-4,14H2. The van der Waals surface area contributed by atoms with Crippen LogP contribution < -0.4 is 5.73 Å². The lowest BCUT2D eigenvalue weighted by molar-refractivity contribution is 0.421. The highest BCUT2D eigenvalue weighted by Crippen LogP contribution is 2.24. The monoisotopic (exact) mass is 224 g/mol. The molecular weight excluding hydrogens is 214 g/mol. The number of rotatable bonds is 3. The normalized spacial score (nSPS) is 10.7. The van der Waals surface area contributed by atoms with E-state index >= 15 is 0 Å². The first-order valence-corrected chi connectivity index (χ1v) is 4.82. The van der Waals surface area contributed by atoms with E-state index in [1.807, 2.05) is 0 Å². The molecule has 0 spiro atoms. The van der Waals surface area contributed by atoms with E-state index in [2.05, 4.69) is 5.16 Å². The number of nitrogens with zero attached hydrogens (tertiary/aromatic N) is 1. The molecule has 0 bridgehead atoms. The van der Waals surface area contributed by atoms with Crippen molar-refractivity contribution in [2.45, 2.75) is 6.42 Å². The van der Waals surface area contributed by atoms with Crippen LogP contribution in [0.25, 0.3) is 11.3 Å². The molecule has 0 aliphatic heterocycles. The molecule has 16 heavy (non-hydrogen) atoms. The van der Waals surface area contributed by atoms with Crippen LogP contribution in [0.5, 0.6) is 0 Å². The van der Waals surface area contributed by atoms with Gasteiger partial charge in [-0.15, -0.1) is 0 Å². The molecule has 0 saturated carbocycles. The predicted octanol–water partition coefficient (Wildman–Crippen LogP) is 2.12. The van der Waals surface area contributed by atoms with Gasteiger partial charge < -0.3 is 10.3 Å². The second-order valence-corrected chi connectivity index (χ2v) is 3.35. The summed E-state index contributed by atoms with van der Waals surface area (Å²) in [5, 5.41) is 3.73. The predicted molar refractivity (Wildman–Crippen MR) is 54.6 cm³/mol. The van der Waals surface area contributed by atoms with Crippen LogP contribution in [-0.2, 0) is 6.42 Å². The van der Waals surface area contributed by atoms with Crippen LogP contribution in [0.4, 0.5) is 8.78 Å². The van der Waals surface area contributed by atoms with Crippen molar-refractivity contribution in [1.29, 1.82) is 0 Å². The minimum atomic E-state index is -0.671. The summed E-state index contributed by atoms with van der Waals surface area (Å²) in [7, 11) is 0. The van der Waals surface area contributed by atoms with Crippen molar-refractivity contribution in [3.05, 3.63) is 41.6 Å². The van der Waals surface area contributed by atoms with Gasteiger partial charge in [0, 0.05) is 18.6 Å². The van der Waals surface area contributed by atoms with Crippen LogP contribution in [0.2, 0.25) is 0 Å². The maximum Gasteiger partial charge on any atom is 0.170 e. The molecule has 0 saturated heterocycles. The Morgan fingerprint density at radius 2 is 2.06 bits per heavy atom. The molecule has 1 aromatic heterocycles. The molecule has 0 radical (unpaired) electrons. The van der Waals surface area contributed by atoms with Gasteiger partial charge in [-0.3, -0.25) is 0 Å². The zero-order valence-corrected chi connectivity index (χ0v) is 8.41. The van der Waals surface area contributed by atoms with Gasteiger partial charge in [0.25, 0.3) is 0 Å². The first kappa shape index (κ1) is 10.8. The van der Waals surface area contributed by atoms with Crippen molar-refractivity contribution in [3.8, 4) is 11.3 Å². The van der Waals surface area contributed by atoms with E-state index in [4.69, 9.17) is 10.3 Å². The van der Waals surface area contributed by atoms with Crippen LogP contribution in [0.15, 0.2) is 28.8 Å². The lowest BCUT2D eigenvalue weighted by Crippen LogP contribution is -2.02. The van der Waals surface area contributed by atoms with E-state index in [1.165, 1.54) is 12.1 Å². The molecule has 0 aliphatic rings. The number of hydrogen-bond acceptors (Lipinski definition) is 3. The highest BCUT2D eigenvalue weighted by Gasteiger charge is 2.11. The Morgan fingerprint density at radius 1 is 1.25 bits per heavy atom. The summed E-state index contributed by atoms with van der Waals surface area (Å²) in [6.45, 7) is 0.442. The van der Waals surface area contributed by atoms with Gasteiger partial charge in [0.2, 0.25) is 0 Å². The van der Waals surface area contributed by atoms with Gasteiger partial charge in [0.1, 0.15) is 11.6 Å². The second kappa shape index (κ2) is 4.40. The third-order valence-corrected chi connectivity index (χ3v) is 2.16. The largest absolute Gasteiger partial charge is 0.356 e. The molecule has 1 heterocycles. The van der Waals surface area contributed by atoms with Crippen molar-refractivity contribution in [2.75, 3.05) is 6.54 Å². The highest BCUT2D eigenvalue weighted by molar-refractivity contribution is 5.58. The Kier molecular flexibility index (Phi) is 2.96. The average Bonchev–Trinajstić information content (AvgIpc) is 2.67. The van der Waals surface area contributed by atoms with E-state index in [0.29, 0.717) is 18.7 Å². The SMILES string of the molecule is NCCc1cc(-c2ccc(F)cc2F)on1. The van der Waals surface area contributed by atoms with Crippen LogP contribution in [0, 0.1) is 11.6 Å². The van der Waals surface area contributed by atoms with Gasteiger partial charge in [-0.2, -0.15) is 0 Å². The molecule has 2 rings (SSSR count). The van der Waals surface area contributed by atoms with Crippen molar-refractivity contribution in [1.82, 2.24) is 5.16 Å². The Bertz CT molecular complexity index is 496. The zero-order valence-electron chi connectivity index (χ0n) is 8.41. The number of benzene rings is 1. The molecule has 0 atom stereocenters. The maximum absolute atomic E-state index is 13.4. The summed E-state index contributed by atoms with van der Waals surface area (Å²) in [6.07, 6.45) is 0.562. The van der Waals surface area contributed by atoms with Gasteiger partial charge in [-0.1, -0.05) is 5.16 Å². The van der Waals surface area contributed by atoms with Crippen LogP contribution >= 0.6 is 0 Å². The summed E-state index contributed by atoms with van der Waals surface area (Å²) in [5.41, 5.74) is 6.20. The van der Waals surface area contributed by atoms with E-state index in [9.17, 15) is 8.78 Å². The van der Waals surface area contributed by atoms with E-state index in [-0.39, 0.29) is 11.3 Å². The van der Waals surface area contributed by atoms with Gasteiger partial charge in [-0.05, 0) is 18.7 Å². The van der Waals surface area contributed by atoms with Crippen LogP contribution in [0.3, 0.4) is 0 Å². The summed E-state index contributed by atoms with van der Waals surface area (Å²) < 4.78 is 31.0. The van der Waals surface area contributed by atoms with E-state index < -0.39 is 11.6 Å². The molecule has 2 N–H and O–H groups in total. The molecule has 84 valence electrons. The first-order valence-electron chi connectivity index (χ1n) is 4.82. The maximum atomic E-state index is 13.4. The fourth-order valence-corrected chi connectivity index (χ4v) is 1.39. The minimum Gasteiger partial charge on any atom is -0.356 e. The minimum absolute atomic E-state index is 0.192. The average molecular weight is 224 g/mol. The topological polar surface area (TPSA) is 52.0 Å². The van der Waals surface area contributed by atoms with E-state index in [0.717, 1.165) is 6.07 Å². The summed E-state index contributed by atoms with van der Waals surface area (Å²) >= 11 is 0. The molecule has 0 aliphatic carbocycles. The smallest absolute Gasteiger partial charge is 0.170 e. The molecule has 2 aromatic rings. The highest BCUT2D eigenvalue weighted by atomic mass is 19.1. The second-order valence-electron chi connectivity index (χ2n) is 3.35. The fraction of sp³-hybridized carbons (Fsp3) is 0.182. The van der Waals surface area contributed by atoms with Crippen LogP contribution in [0.1, 0.15) is 5.69 Å². The summed E-state index contributed by atoms with van der Waals surface area (Å²) in [6, 6.07) is 4.89. The van der Waals surface area contributed by atoms with E-state index in [1.54, 1.807) is 6.07 Å². The summed E-state index contributed by atoms with van der Waals surface area (Å²) in [5.74, 6) is -1.01. The van der Waals surface area contributed by atoms with Crippen molar-refractivity contribution in [2.24, 2.45) is 5.73 Å². The number of hydrogen-bond donors (Lipinski definition) is 1. The Balaban J connectivity index is 2.35. The Morgan fingerprint density at radius 3 is 2.75 bits per heavy atom. The Hall–Kier alpha value is -1.75. The molecule has 3 nitrogen and oxygen atoms in total. The number of halogens is 2. The quantitative estimate of drug-likeness (QED) is 0.868. The lowest BCUT2D eigenvalue weighted by atomic mass is 10.1. The number of nitrogens with two attached hydrogens (primary N) is 1. The molecule has 0 fully saturated rings. The molecule has 1 aromatic carbocycles. The molecule has 0 amide bonds. The van der Waals surface area contributed by atoms with Gasteiger partial charge in [0.05, 0.1) is 11.3 Å². The van der Waals surface area contributed by atoms with Crippen molar-refractivity contribution < 1.29 is 13.3 Å². The van der Waals surface area contributed by atoms with Crippen molar-refractivity contribution in [3.63, 3.8) is 0 Å². The lowest BCUT2D eigenvalue weighted by Gasteiger charge is -1.97. The van der Waals surface area contributed by atoms with Gasteiger partial charge in [0.15, 0.2) is 5.76 Å². The third-order valence-electron chi connectivity index (χ3n) is 2.16. The first-order chi connectivity index (χ1) is 7.70.